The van der Waals surface area contributed by atoms with Crippen LogP contribution in [0, 0.1) is 29.6 Å². The van der Waals surface area contributed by atoms with Gasteiger partial charge in [0.05, 0.1) is 12.7 Å². The molecule has 0 spiro atoms. The van der Waals surface area contributed by atoms with Gasteiger partial charge in [-0.15, -0.1) is 0 Å². The number of ether oxygens (including phenoxy) is 1. The number of benzene rings is 1. The van der Waals surface area contributed by atoms with Gasteiger partial charge in [0.2, 0.25) is 0 Å². The molecule has 0 aliphatic carbocycles. The van der Waals surface area contributed by atoms with Gasteiger partial charge in [-0.05, 0) is 43.5 Å². The SMILES string of the molecule is Cc1cc(-c2ccc(OCCCCC#N)cc2)c(C#N)c(=O)[nH]1. The molecule has 23 heavy (non-hydrogen) atoms. The number of unbranched alkanes of at least 4 members (excludes halogenated alkanes) is 2. The van der Waals surface area contributed by atoms with E-state index in [1.54, 1.807) is 13.0 Å². The summed E-state index contributed by atoms with van der Waals surface area (Å²) in [6.45, 7) is 2.35. The molecule has 1 aromatic carbocycles. The highest BCUT2D eigenvalue weighted by molar-refractivity contribution is 5.70. The first-order valence-corrected chi connectivity index (χ1v) is 7.40. The smallest absolute Gasteiger partial charge is 0.266 e. The Morgan fingerprint density at radius 3 is 2.57 bits per heavy atom. The maximum atomic E-state index is 11.8. The number of aryl methyl sites for hydroxylation is 1. The van der Waals surface area contributed by atoms with Crippen LogP contribution < -0.4 is 10.3 Å². The van der Waals surface area contributed by atoms with Crippen LogP contribution in [-0.2, 0) is 0 Å². The molecule has 116 valence electrons. The van der Waals surface area contributed by atoms with Crippen LogP contribution in [0.3, 0.4) is 0 Å². The second kappa shape index (κ2) is 7.82. The van der Waals surface area contributed by atoms with E-state index in [0.717, 1.165) is 24.2 Å². The molecule has 0 saturated carbocycles. The van der Waals surface area contributed by atoms with Crippen molar-refractivity contribution >= 4 is 0 Å². The summed E-state index contributed by atoms with van der Waals surface area (Å²) in [7, 11) is 0. The fourth-order valence-electron chi connectivity index (χ4n) is 2.25. The van der Waals surface area contributed by atoms with Crippen LogP contribution in [0.4, 0.5) is 0 Å². The van der Waals surface area contributed by atoms with E-state index >= 15 is 0 Å². The average Bonchev–Trinajstić information content (AvgIpc) is 2.54. The van der Waals surface area contributed by atoms with Crippen molar-refractivity contribution in [1.82, 2.24) is 4.98 Å². The summed E-state index contributed by atoms with van der Waals surface area (Å²) in [5, 5.41) is 17.6. The van der Waals surface area contributed by atoms with E-state index in [4.69, 9.17) is 10.00 Å². The molecule has 2 aromatic rings. The Balaban J connectivity index is 2.13. The molecule has 0 aliphatic rings. The third kappa shape index (κ3) is 4.21. The minimum absolute atomic E-state index is 0.112. The summed E-state index contributed by atoms with van der Waals surface area (Å²) in [6, 6.07) is 13.1. The average molecular weight is 307 g/mol. The van der Waals surface area contributed by atoms with Gasteiger partial charge >= 0.3 is 0 Å². The molecule has 1 N–H and O–H groups in total. The minimum atomic E-state index is -0.375. The van der Waals surface area contributed by atoms with Crippen molar-refractivity contribution in [1.29, 1.82) is 10.5 Å². The van der Waals surface area contributed by atoms with E-state index in [0.29, 0.717) is 24.3 Å². The van der Waals surface area contributed by atoms with Crippen LogP contribution in [-0.4, -0.2) is 11.6 Å². The Kier molecular flexibility index (Phi) is 5.55. The topological polar surface area (TPSA) is 89.7 Å². The zero-order valence-electron chi connectivity index (χ0n) is 12.9. The van der Waals surface area contributed by atoms with Crippen molar-refractivity contribution in [2.45, 2.75) is 26.2 Å². The van der Waals surface area contributed by atoms with Crippen molar-refractivity contribution in [2.24, 2.45) is 0 Å². The summed E-state index contributed by atoms with van der Waals surface area (Å²) in [4.78, 5) is 14.5. The monoisotopic (exact) mass is 307 g/mol. The van der Waals surface area contributed by atoms with Crippen molar-refractivity contribution < 1.29 is 4.74 Å². The number of nitrogens with zero attached hydrogens (tertiary/aromatic N) is 2. The summed E-state index contributed by atoms with van der Waals surface area (Å²) in [5.74, 6) is 0.728. The van der Waals surface area contributed by atoms with E-state index in [1.165, 1.54) is 0 Å². The lowest BCUT2D eigenvalue weighted by atomic mass is 10.0. The molecule has 0 unspecified atom stereocenters. The Morgan fingerprint density at radius 1 is 1.17 bits per heavy atom. The highest BCUT2D eigenvalue weighted by atomic mass is 16.5. The van der Waals surface area contributed by atoms with E-state index in [-0.39, 0.29) is 11.1 Å². The van der Waals surface area contributed by atoms with Crippen LogP contribution >= 0.6 is 0 Å². The Bertz CT molecular complexity index is 808. The molecule has 1 heterocycles. The molecule has 0 aliphatic heterocycles. The molecule has 0 saturated heterocycles. The number of aromatic nitrogens is 1. The number of H-pyrrole nitrogens is 1. The van der Waals surface area contributed by atoms with Crippen molar-refractivity contribution in [3.8, 4) is 29.0 Å². The van der Waals surface area contributed by atoms with Crippen LogP contribution in [0.5, 0.6) is 5.75 Å². The van der Waals surface area contributed by atoms with Crippen molar-refractivity contribution in [2.75, 3.05) is 6.61 Å². The van der Waals surface area contributed by atoms with Gasteiger partial charge < -0.3 is 9.72 Å². The zero-order valence-corrected chi connectivity index (χ0v) is 12.9. The van der Waals surface area contributed by atoms with Gasteiger partial charge in [0.25, 0.3) is 5.56 Å². The lowest BCUT2D eigenvalue weighted by Gasteiger charge is -2.08. The molecule has 2 rings (SSSR count). The van der Waals surface area contributed by atoms with E-state index in [1.807, 2.05) is 30.3 Å². The normalized spacial score (nSPS) is 9.87. The molecule has 0 atom stereocenters. The van der Waals surface area contributed by atoms with Crippen LogP contribution in [0.2, 0.25) is 0 Å². The molecule has 5 heteroatoms. The third-order valence-corrected chi connectivity index (χ3v) is 3.40. The first kappa shape index (κ1) is 16.3. The first-order chi connectivity index (χ1) is 11.2. The Labute approximate surface area is 134 Å². The Morgan fingerprint density at radius 2 is 1.91 bits per heavy atom. The zero-order chi connectivity index (χ0) is 16.7. The van der Waals surface area contributed by atoms with Gasteiger partial charge in [-0.1, -0.05) is 12.1 Å². The number of nitriles is 2. The maximum absolute atomic E-state index is 11.8. The first-order valence-electron chi connectivity index (χ1n) is 7.40. The number of pyridine rings is 1. The van der Waals surface area contributed by atoms with Gasteiger partial charge in [-0.25, -0.2) is 0 Å². The number of hydrogen-bond acceptors (Lipinski definition) is 4. The standard InChI is InChI=1S/C18H17N3O2/c1-13-11-16(17(12-20)18(22)21-13)14-5-7-15(8-6-14)23-10-4-2-3-9-19/h5-8,11H,2-4,10H2,1H3,(H,21,22). The minimum Gasteiger partial charge on any atom is -0.494 e. The molecule has 0 radical (unpaired) electrons. The van der Waals surface area contributed by atoms with Crippen molar-refractivity contribution in [3.05, 3.63) is 51.9 Å². The summed E-state index contributed by atoms with van der Waals surface area (Å²) in [6.07, 6.45) is 2.20. The lowest BCUT2D eigenvalue weighted by molar-refractivity contribution is 0.307. The second-order valence-electron chi connectivity index (χ2n) is 5.17. The largest absolute Gasteiger partial charge is 0.494 e. The third-order valence-electron chi connectivity index (χ3n) is 3.40. The van der Waals surface area contributed by atoms with E-state index in [2.05, 4.69) is 11.1 Å². The molecule has 0 amide bonds. The quantitative estimate of drug-likeness (QED) is 0.829. The predicted octanol–water partition coefficient (Wildman–Crippen LogP) is 3.29. The maximum Gasteiger partial charge on any atom is 0.266 e. The highest BCUT2D eigenvalue weighted by Gasteiger charge is 2.10. The molecule has 0 bridgehead atoms. The fraction of sp³-hybridized carbons (Fsp3) is 0.278. The van der Waals surface area contributed by atoms with Gasteiger partial charge in [-0.3, -0.25) is 4.79 Å². The van der Waals surface area contributed by atoms with Gasteiger partial charge in [0, 0.05) is 17.7 Å². The van der Waals surface area contributed by atoms with Gasteiger partial charge in [-0.2, -0.15) is 10.5 Å². The van der Waals surface area contributed by atoms with Gasteiger partial charge in [0.15, 0.2) is 0 Å². The van der Waals surface area contributed by atoms with Crippen LogP contribution in [0.15, 0.2) is 35.1 Å². The van der Waals surface area contributed by atoms with Crippen LogP contribution in [0.1, 0.15) is 30.5 Å². The van der Waals surface area contributed by atoms with Crippen molar-refractivity contribution in [3.63, 3.8) is 0 Å². The Hall–Kier alpha value is -3.05. The predicted molar refractivity (Wildman–Crippen MR) is 86.9 cm³/mol. The highest BCUT2D eigenvalue weighted by Crippen LogP contribution is 2.24. The van der Waals surface area contributed by atoms with E-state index < -0.39 is 0 Å². The van der Waals surface area contributed by atoms with E-state index in [9.17, 15) is 10.1 Å². The second-order valence-corrected chi connectivity index (χ2v) is 5.17. The lowest BCUT2D eigenvalue weighted by Crippen LogP contribution is -2.12. The molecular formula is C18H17N3O2. The number of nitrogens with one attached hydrogen (secondary N) is 1. The number of aromatic amines is 1. The summed E-state index contributed by atoms with van der Waals surface area (Å²) < 4.78 is 5.61. The number of rotatable bonds is 6. The van der Waals surface area contributed by atoms with Gasteiger partial charge in [0.1, 0.15) is 17.4 Å². The molecular weight excluding hydrogens is 290 g/mol. The van der Waals surface area contributed by atoms with Crippen LogP contribution in [0.25, 0.3) is 11.1 Å². The molecule has 1 aromatic heterocycles. The number of hydrogen-bond donors (Lipinski definition) is 1. The fourth-order valence-corrected chi connectivity index (χ4v) is 2.25. The summed E-state index contributed by atoms with van der Waals surface area (Å²) in [5.41, 5.74) is 1.87. The summed E-state index contributed by atoms with van der Waals surface area (Å²) >= 11 is 0. The molecule has 5 nitrogen and oxygen atoms in total. The molecule has 0 fully saturated rings.